The summed E-state index contributed by atoms with van der Waals surface area (Å²) in [6.45, 7) is 0. The zero-order valence-corrected chi connectivity index (χ0v) is 9.87. The Balaban J connectivity index is 0.000000640. The Labute approximate surface area is 101 Å². The summed E-state index contributed by atoms with van der Waals surface area (Å²) in [7, 11) is 0. The summed E-state index contributed by atoms with van der Waals surface area (Å²) in [6, 6.07) is 2.82. The molecule has 0 saturated carbocycles. The van der Waals surface area contributed by atoms with Crippen LogP contribution < -0.4 is 63.3 Å². The van der Waals surface area contributed by atoms with E-state index in [0.717, 1.165) is 0 Å². The first-order valence-corrected chi connectivity index (χ1v) is 2.05. The number of carboxylic acid groups (broad SMARTS) is 1. The second-order valence-electron chi connectivity index (χ2n) is 1.26. The van der Waals surface area contributed by atoms with E-state index in [1.807, 2.05) is 0 Å². The maximum atomic E-state index is 9.86. The molecule has 1 heterocycles. The zero-order valence-electron chi connectivity index (χ0n) is 4.96. The fourth-order valence-electron chi connectivity index (χ4n) is 0.395. The van der Waals surface area contributed by atoms with Gasteiger partial charge in [-0.2, -0.15) is 0 Å². The predicted octanol–water partition coefficient (Wildman–Crippen LogP) is -3.35. The molecule has 1 rings (SSSR count). The van der Waals surface area contributed by atoms with E-state index < -0.39 is 5.97 Å². The molecule has 0 atom stereocenters. The van der Waals surface area contributed by atoms with Gasteiger partial charge in [0.1, 0.15) is 11.7 Å². The molecular weight excluding hydrogens is 194 g/mol. The fraction of sp³-hybridized carbons (Fsp3) is 0. The minimum Gasteiger partial charge on any atom is -0.542 e. The standard InChI is InChI=1S/C5H4O3.Rb/c6-5(7)4-2-1-3-8-4;/h1-3H,(H,6,7);/q;+1/p-1. The molecule has 0 bridgehead atoms. The molecule has 3 nitrogen and oxygen atoms in total. The van der Waals surface area contributed by atoms with Gasteiger partial charge in [-0.05, 0) is 12.1 Å². The van der Waals surface area contributed by atoms with Crippen molar-refractivity contribution in [3.05, 3.63) is 24.2 Å². The third kappa shape index (κ3) is 2.75. The summed E-state index contributed by atoms with van der Waals surface area (Å²) in [4.78, 5) is 9.86. The van der Waals surface area contributed by atoms with Gasteiger partial charge in [-0.3, -0.25) is 0 Å². The van der Waals surface area contributed by atoms with Crippen LogP contribution in [0.4, 0.5) is 0 Å². The van der Waals surface area contributed by atoms with Gasteiger partial charge in [0.15, 0.2) is 0 Å². The quantitative estimate of drug-likeness (QED) is 0.472. The van der Waals surface area contributed by atoms with Crippen molar-refractivity contribution in [1.29, 1.82) is 0 Å². The zero-order chi connectivity index (χ0) is 5.98. The fourth-order valence-corrected chi connectivity index (χ4v) is 0.395. The molecule has 0 aliphatic rings. The van der Waals surface area contributed by atoms with Crippen molar-refractivity contribution >= 4 is 5.97 Å². The molecule has 4 heteroatoms. The van der Waals surface area contributed by atoms with Crippen LogP contribution in [-0.4, -0.2) is 5.97 Å². The number of carboxylic acids is 1. The van der Waals surface area contributed by atoms with Gasteiger partial charge in [-0.25, -0.2) is 0 Å². The number of aromatic carboxylic acids is 1. The van der Waals surface area contributed by atoms with Crippen molar-refractivity contribution < 1.29 is 72.5 Å². The molecule has 0 saturated heterocycles. The maximum Gasteiger partial charge on any atom is 1.00 e. The van der Waals surface area contributed by atoms with E-state index in [1.54, 1.807) is 0 Å². The molecule has 0 spiro atoms. The maximum absolute atomic E-state index is 9.86. The van der Waals surface area contributed by atoms with E-state index in [0.29, 0.717) is 0 Å². The number of rotatable bonds is 1. The van der Waals surface area contributed by atoms with Crippen molar-refractivity contribution in [2.75, 3.05) is 0 Å². The largest absolute Gasteiger partial charge is 1.00 e. The Bertz CT molecular complexity index is 180. The molecule has 0 unspecified atom stereocenters. The van der Waals surface area contributed by atoms with Crippen LogP contribution in [0.2, 0.25) is 0 Å². The first-order valence-electron chi connectivity index (χ1n) is 2.05. The number of carbonyl (C=O) groups excluding carboxylic acids is 1. The van der Waals surface area contributed by atoms with Crippen molar-refractivity contribution in [3.63, 3.8) is 0 Å². The summed E-state index contributed by atoms with van der Waals surface area (Å²) < 4.78 is 4.43. The van der Waals surface area contributed by atoms with Crippen molar-refractivity contribution in [3.8, 4) is 0 Å². The molecule has 0 N–H and O–H groups in total. The van der Waals surface area contributed by atoms with Crippen LogP contribution in [0.5, 0.6) is 0 Å². The van der Waals surface area contributed by atoms with Gasteiger partial charge in [0.05, 0.1) is 6.26 Å². The number of hydrogen-bond donors (Lipinski definition) is 0. The summed E-state index contributed by atoms with van der Waals surface area (Å²) >= 11 is 0. The monoisotopic (exact) mass is 196 g/mol. The van der Waals surface area contributed by atoms with Crippen LogP contribution in [0, 0.1) is 0 Å². The minimum absolute atomic E-state index is 0. The molecule has 0 aliphatic carbocycles. The Morgan fingerprint density at radius 2 is 2.33 bits per heavy atom. The molecule has 1 aromatic heterocycles. The summed E-state index contributed by atoms with van der Waals surface area (Å²) in [5, 5.41) is 9.86. The van der Waals surface area contributed by atoms with Gasteiger partial charge < -0.3 is 14.3 Å². The van der Waals surface area contributed by atoms with E-state index in [9.17, 15) is 9.90 Å². The number of furan rings is 1. The molecule has 0 amide bonds. The minimum atomic E-state index is -1.28. The molecule has 9 heavy (non-hydrogen) atoms. The van der Waals surface area contributed by atoms with Crippen LogP contribution in [0.3, 0.4) is 0 Å². The van der Waals surface area contributed by atoms with E-state index in [2.05, 4.69) is 4.42 Å². The molecular formula is C5H3O3Rb. The Hall–Kier alpha value is 0.555. The van der Waals surface area contributed by atoms with Crippen molar-refractivity contribution in [1.82, 2.24) is 0 Å². The predicted molar refractivity (Wildman–Crippen MR) is 23.0 cm³/mol. The van der Waals surface area contributed by atoms with E-state index in [4.69, 9.17) is 0 Å². The summed E-state index contributed by atoms with van der Waals surface area (Å²) in [5.41, 5.74) is 0. The normalized spacial score (nSPS) is 8.00. The molecule has 0 aliphatic heterocycles. The number of hydrogen-bond acceptors (Lipinski definition) is 3. The van der Waals surface area contributed by atoms with Crippen molar-refractivity contribution in [2.24, 2.45) is 0 Å². The number of carbonyl (C=O) groups is 1. The second-order valence-corrected chi connectivity index (χ2v) is 1.26. The smallest absolute Gasteiger partial charge is 0.542 e. The van der Waals surface area contributed by atoms with E-state index in [-0.39, 0.29) is 63.9 Å². The molecule has 42 valence electrons. The SMILES string of the molecule is O=C([O-])c1ccco1.[Rb+]. The topological polar surface area (TPSA) is 53.3 Å². The average molecular weight is 197 g/mol. The van der Waals surface area contributed by atoms with Gasteiger partial charge >= 0.3 is 58.2 Å². The molecule has 0 radical (unpaired) electrons. The average Bonchev–Trinajstić information content (AvgIpc) is 2.12. The van der Waals surface area contributed by atoms with Gasteiger partial charge in [0.25, 0.3) is 0 Å². The van der Waals surface area contributed by atoms with E-state index >= 15 is 0 Å². The van der Waals surface area contributed by atoms with Gasteiger partial charge in [-0.1, -0.05) is 0 Å². The first kappa shape index (κ1) is 9.56. The summed E-state index contributed by atoms with van der Waals surface area (Å²) in [5.74, 6) is -1.42. The second kappa shape index (κ2) is 4.38. The van der Waals surface area contributed by atoms with Crippen molar-refractivity contribution in [2.45, 2.75) is 0 Å². The van der Waals surface area contributed by atoms with Crippen LogP contribution in [0.1, 0.15) is 10.6 Å². The van der Waals surface area contributed by atoms with Crippen LogP contribution in [0.25, 0.3) is 0 Å². The molecule has 1 aromatic rings. The van der Waals surface area contributed by atoms with Crippen LogP contribution >= 0.6 is 0 Å². The Kier molecular flexibility index (Phi) is 4.65. The first-order chi connectivity index (χ1) is 3.80. The van der Waals surface area contributed by atoms with Gasteiger partial charge in [0, 0.05) is 0 Å². The van der Waals surface area contributed by atoms with Gasteiger partial charge in [-0.15, -0.1) is 0 Å². The van der Waals surface area contributed by atoms with Crippen LogP contribution in [0.15, 0.2) is 22.8 Å². The Morgan fingerprint density at radius 3 is 2.56 bits per heavy atom. The third-order valence-corrected chi connectivity index (χ3v) is 0.722. The molecule has 0 fully saturated rings. The van der Waals surface area contributed by atoms with Crippen LogP contribution in [-0.2, 0) is 0 Å². The van der Waals surface area contributed by atoms with E-state index in [1.165, 1.54) is 18.4 Å². The molecule has 0 aromatic carbocycles. The third-order valence-electron chi connectivity index (χ3n) is 0.722. The Morgan fingerprint density at radius 1 is 1.67 bits per heavy atom. The van der Waals surface area contributed by atoms with Gasteiger partial charge in [0.2, 0.25) is 0 Å². The summed E-state index contributed by atoms with van der Waals surface area (Å²) in [6.07, 6.45) is 1.28.